The summed E-state index contributed by atoms with van der Waals surface area (Å²) in [5, 5.41) is 12.6. The number of hydrogen-bond acceptors (Lipinski definition) is 6. The molecule has 0 radical (unpaired) electrons. The van der Waals surface area contributed by atoms with Gasteiger partial charge in [0.2, 0.25) is 0 Å². The lowest BCUT2D eigenvalue weighted by molar-refractivity contribution is 0.219. The molecular weight excluding hydrogens is 604 g/mol. The molecule has 1 unspecified atom stereocenters. The second-order valence-corrected chi connectivity index (χ2v) is 13.3. The van der Waals surface area contributed by atoms with E-state index in [-0.39, 0.29) is 6.42 Å². The summed E-state index contributed by atoms with van der Waals surface area (Å²) in [5.41, 5.74) is 5.87. The zero-order valence-corrected chi connectivity index (χ0v) is 26.1. The monoisotopic (exact) mass is 635 g/mol. The van der Waals surface area contributed by atoms with Crippen LogP contribution in [-0.4, -0.2) is 55.5 Å². The highest BCUT2D eigenvalue weighted by molar-refractivity contribution is 7.13. The normalized spacial score (nSPS) is 18.3. The third-order valence-electron chi connectivity index (χ3n) is 8.67. The Morgan fingerprint density at radius 2 is 1.98 bits per heavy atom. The van der Waals surface area contributed by atoms with Gasteiger partial charge in [-0.1, -0.05) is 54.0 Å². The molecule has 3 aromatic heterocycles. The predicted molar refractivity (Wildman–Crippen MR) is 173 cm³/mol. The van der Waals surface area contributed by atoms with E-state index in [4.69, 9.17) is 28.3 Å². The molecule has 2 aliphatic heterocycles. The van der Waals surface area contributed by atoms with Gasteiger partial charge in [0.25, 0.3) is 0 Å². The lowest BCUT2D eigenvalue weighted by Crippen LogP contribution is -2.30. The van der Waals surface area contributed by atoms with Crippen molar-refractivity contribution in [2.45, 2.75) is 44.4 Å². The summed E-state index contributed by atoms with van der Waals surface area (Å²) < 4.78 is 18.0. The maximum atomic E-state index is 14.4. The first kappa shape index (κ1) is 28.5. The van der Waals surface area contributed by atoms with Gasteiger partial charge in [-0.05, 0) is 62.5 Å². The molecule has 43 heavy (non-hydrogen) atoms. The van der Waals surface area contributed by atoms with Crippen LogP contribution in [0.5, 0.6) is 0 Å². The molecule has 1 N–H and O–H groups in total. The van der Waals surface area contributed by atoms with Crippen molar-refractivity contribution in [1.29, 1.82) is 0 Å². The molecule has 0 amide bonds. The zero-order valence-electron chi connectivity index (χ0n) is 23.8. The van der Waals surface area contributed by atoms with Crippen molar-refractivity contribution in [1.82, 2.24) is 29.2 Å². The van der Waals surface area contributed by atoms with Gasteiger partial charge in [-0.25, -0.2) is 14.4 Å². The number of anilines is 1. The number of piperidine rings is 1. The summed E-state index contributed by atoms with van der Waals surface area (Å²) in [6.45, 7) is 6.95. The first-order chi connectivity index (χ1) is 20.8. The molecule has 0 aliphatic carbocycles. The number of nitrogens with one attached hydrogen (secondary N) is 1. The molecule has 222 valence electrons. The lowest BCUT2D eigenvalue weighted by atomic mass is 9.90. The number of allylic oxidation sites excluding steroid dienone is 1. The van der Waals surface area contributed by atoms with Crippen molar-refractivity contribution in [2.75, 3.05) is 25.5 Å². The average molecular weight is 637 g/mol. The molecule has 1 fully saturated rings. The first-order valence-electron chi connectivity index (χ1n) is 14.5. The van der Waals surface area contributed by atoms with Crippen LogP contribution < -0.4 is 5.32 Å². The number of imidazole rings is 1. The van der Waals surface area contributed by atoms with E-state index in [1.807, 2.05) is 22.2 Å². The molecule has 1 saturated heterocycles. The summed E-state index contributed by atoms with van der Waals surface area (Å²) >= 11 is 15.4. The van der Waals surface area contributed by atoms with Gasteiger partial charge in [0.05, 0.1) is 28.6 Å². The summed E-state index contributed by atoms with van der Waals surface area (Å²) in [7, 11) is 2.19. The van der Waals surface area contributed by atoms with Crippen molar-refractivity contribution in [3.63, 3.8) is 0 Å². The van der Waals surface area contributed by atoms with Gasteiger partial charge in [0.15, 0.2) is 5.13 Å². The van der Waals surface area contributed by atoms with E-state index < -0.39 is 12.2 Å². The molecule has 0 spiro atoms. The molecule has 0 saturated carbocycles. The maximum Gasteiger partial charge on any atom is 0.186 e. The predicted octanol–water partition coefficient (Wildman–Crippen LogP) is 7.66. The SMILES string of the molecule is C=C(Nc1nccs1)C(c1ncn2c1C[C@@H](F)C2)n1cc2c(Cl)cc(-c3ccc(CC4CCN(C)CC4)cc3)c(Cl)c2n1. The van der Waals surface area contributed by atoms with Gasteiger partial charge in [0.1, 0.15) is 17.7 Å². The van der Waals surface area contributed by atoms with E-state index in [1.165, 1.54) is 29.7 Å². The molecule has 11 heteroatoms. The molecule has 2 aliphatic rings. The summed E-state index contributed by atoms with van der Waals surface area (Å²) in [4.78, 5) is 11.4. The van der Waals surface area contributed by atoms with Crippen LogP contribution in [-0.2, 0) is 19.4 Å². The van der Waals surface area contributed by atoms with E-state index >= 15 is 0 Å². The van der Waals surface area contributed by atoms with Gasteiger partial charge in [-0.2, -0.15) is 5.10 Å². The van der Waals surface area contributed by atoms with E-state index in [1.54, 1.807) is 17.2 Å². The number of nitrogens with zero attached hydrogens (tertiary/aromatic N) is 6. The molecule has 2 aromatic carbocycles. The van der Waals surface area contributed by atoms with Crippen LogP contribution >= 0.6 is 34.5 Å². The molecule has 5 heterocycles. The van der Waals surface area contributed by atoms with E-state index in [0.717, 1.165) is 47.6 Å². The standard InChI is InChI=1S/C32H32Cl2FN7S/c1-19(38-32-36-9-12-43-32)31(30-27-14-23(35)16-41(27)18-37-30)42-17-25-26(33)15-24(28(34)29(25)39-42)22-5-3-20(4-6-22)13-21-7-10-40(2)11-8-21/h3-6,9,12,15,17-18,21,23,31H,1,7-8,10-11,13-14,16H2,2H3,(H,36,38)/t23-,31?/m1/s1. The van der Waals surface area contributed by atoms with Crippen molar-refractivity contribution < 1.29 is 4.39 Å². The molecule has 5 aromatic rings. The van der Waals surface area contributed by atoms with Gasteiger partial charge in [-0.3, -0.25) is 4.68 Å². The summed E-state index contributed by atoms with van der Waals surface area (Å²) in [6.07, 6.45) is 8.18. The largest absolute Gasteiger partial charge is 0.333 e. The number of rotatable bonds is 8. The number of fused-ring (bicyclic) bond motifs is 2. The van der Waals surface area contributed by atoms with Crippen LogP contribution in [0.2, 0.25) is 10.0 Å². The first-order valence-corrected chi connectivity index (χ1v) is 16.2. The van der Waals surface area contributed by atoms with E-state index in [2.05, 4.69) is 58.1 Å². The number of alkyl halides is 1. The Morgan fingerprint density at radius 3 is 2.72 bits per heavy atom. The topological polar surface area (TPSA) is 63.8 Å². The highest BCUT2D eigenvalue weighted by Crippen LogP contribution is 2.40. The Kier molecular flexibility index (Phi) is 7.75. The van der Waals surface area contributed by atoms with Gasteiger partial charge in [-0.15, -0.1) is 11.3 Å². The minimum Gasteiger partial charge on any atom is -0.333 e. The quantitative estimate of drug-likeness (QED) is 0.190. The molecular formula is C32H32Cl2FN7S. The van der Waals surface area contributed by atoms with Crippen molar-refractivity contribution in [3.05, 3.63) is 93.7 Å². The van der Waals surface area contributed by atoms with Crippen LogP contribution in [0.15, 0.2) is 66.7 Å². The van der Waals surface area contributed by atoms with E-state index in [9.17, 15) is 4.39 Å². The van der Waals surface area contributed by atoms with Crippen LogP contribution in [0.1, 0.15) is 35.8 Å². The van der Waals surface area contributed by atoms with Crippen LogP contribution in [0, 0.1) is 5.92 Å². The molecule has 0 bridgehead atoms. The van der Waals surface area contributed by atoms with Crippen molar-refractivity contribution in [3.8, 4) is 11.1 Å². The summed E-state index contributed by atoms with van der Waals surface area (Å²) in [6, 6.07) is 10.0. The van der Waals surface area contributed by atoms with Gasteiger partial charge < -0.3 is 14.8 Å². The second kappa shape index (κ2) is 11.7. The third kappa shape index (κ3) is 5.59. The number of thiazole rings is 1. The fourth-order valence-corrected chi connectivity index (χ4v) is 7.46. The maximum absolute atomic E-state index is 14.4. The molecule has 7 nitrogen and oxygen atoms in total. The van der Waals surface area contributed by atoms with Crippen LogP contribution in [0.4, 0.5) is 9.52 Å². The highest BCUT2D eigenvalue weighted by Gasteiger charge is 2.32. The fraction of sp³-hybridized carbons (Fsp3) is 0.344. The number of likely N-dealkylation sites (tertiary alicyclic amines) is 1. The number of benzene rings is 2. The number of hydrogen-bond donors (Lipinski definition) is 1. The Morgan fingerprint density at radius 1 is 1.19 bits per heavy atom. The van der Waals surface area contributed by atoms with Gasteiger partial charge >= 0.3 is 0 Å². The lowest BCUT2D eigenvalue weighted by Gasteiger charge is -2.29. The zero-order chi connectivity index (χ0) is 29.7. The Hall–Kier alpha value is -3.24. The number of aromatic nitrogens is 5. The Balaban J connectivity index is 1.23. The highest BCUT2D eigenvalue weighted by atomic mass is 35.5. The van der Waals surface area contributed by atoms with Gasteiger partial charge in [0, 0.05) is 46.5 Å². The average Bonchev–Trinajstić information content (AvgIpc) is 3.79. The smallest absolute Gasteiger partial charge is 0.186 e. The molecule has 7 rings (SSSR count). The minimum absolute atomic E-state index is 0.288. The fourth-order valence-electron chi connectivity index (χ4n) is 6.35. The molecule has 2 atom stereocenters. The van der Waals surface area contributed by atoms with E-state index in [0.29, 0.717) is 38.6 Å². The third-order valence-corrected chi connectivity index (χ3v) is 10.1. The second-order valence-electron chi connectivity index (χ2n) is 11.7. The van der Waals surface area contributed by atoms with Crippen molar-refractivity contribution in [2.24, 2.45) is 5.92 Å². The van der Waals surface area contributed by atoms with Crippen LogP contribution in [0.25, 0.3) is 22.0 Å². The Labute approximate surface area is 264 Å². The Bertz CT molecular complexity index is 1770. The van der Waals surface area contributed by atoms with Crippen LogP contribution in [0.3, 0.4) is 0 Å². The number of halogens is 3. The minimum atomic E-state index is -0.948. The summed E-state index contributed by atoms with van der Waals surface area (Å²) in [5.74, 6) is 0.723. The van der Waals surface area contributed by atoms with Crippen molar-refractivity contribution >= 4 is 50.6 Å².